The molecule has 0 spiro atoms. The minimum absolute atomic E-state index is 0.0350. The molecule has 1 unspecified atom stereocenters. The monoisotopic (exact) mass is 554 g/mol. The highest BCUT2D eigenvalue weighted by atomic mass is 35.5. The van der Waals surface area contributed by atoms with Gasteiger partial charge < -0.3 is 5.32 Å². The Balaban J connectivity index is 1.71. The van der Waals surface area contributed by atoms with Crippen molar-refractivity contribution in [3.63, 3.8) is 0 Å². The highest BCUT2D eigenvalue weighted by Gasteiger charge is 2.30. The predicted octanol–water partition coefficient (Wildman–Crippen LogP) is 6.81. The third-order valence-electron chi connectivity index (χ3n) is 6.29. The van der Waals surface area contributed by atoms with Gasteiger partial charge in [0.1, 0.15) is 0 Å². The van der Waals surface area contributed by atoms with Crippen LogP contribution in [0.25, 0.3) is 0 Å². The number of carbonyl (C=O) groups is 1. The molecular weight excluding hydrogens is 525 g/mol. The van der Waals surface area contributed by atoms with E-state index in [-0.39, 0.29) is 28.8 Å². The molecule has 0 saturated heterocycles. The van der Waals surface area contributed by atoms with Crippen LogP contribution in [0.3, 0.4) is 0 Å². The number of sulfonamides is 1. The topological polar surface area (TPSA) is 75.3 Å². The molecule has 2 aromatic rings. The van der Waals surface area contributed by atoms with Crippen LogP contribution in [0.2, 0.25) is 0 Å². The van der Waals surface area contributed by atoms with Crippen LogP contribution < -0.4 is 10.0 Å². The number of carbonyl (C=O) groups excluding carboxylic acids is 1. The highest BCUT2D eigenvalue weighted by Crippen LogP contribution is 2.30. The second kappa shape index (κ2) is 11.8. The number of aryl methyl sites for hydroxylation is 2. The lowest BCUT2D eigenvalue weighted by Crippen LogP contribution is -2.39. The smallest absolute Gasteiger partial charge is 0.322 e. The summed E-state index contributed by atoms with van der Waals surface area (Å²) in [7, 11) is -3.68. The summed E-state index contributed by atoms with van der Waals surface area (Å²) in [5, 5.41) is 3.22. The van der Waals surface area contributed by atoms with Crippen LogP contribution in [-0.2, 0) is 29.0 Å². The largest absolute Gasteiger partial charge is 0.416 e. The van der Waals surface area contributed by atoms with Crippen LogP contribution in [0.5, 0.6) is 0 Å². The molecule has 1 aliphatic carbocycles. The van der Waals surface area contributed by atoms with Crippen molar-refractivity contribution in [3.8, 4) is 0 Å². The van der Waals surface area contributed by atoms with E-state index in [4.69, 9.17) is 11.6 Å². The van der Waals surface area contributed by atoms with Gasteiger partial charge in [-0.3, -0.25) is 4.79 Å². The number of allylic oxidation sites excluding steroid dienone is 4. The lowest BCUT2D eigenvalue weighted by Gasteiger charge is -2.23. The number of alkyl halides is 3. The molecule has 5 nitrogen and oxygen atoms in total. The molecular formula is C27H30ClF3N2O3S. The van der Waals surface area contributed by atoms with Gasteiger partial charge in [0.15, 0.2) is 0 Å². The Labute approximate surface area is 220 Å². The summed E-state index contributed by atoms with van der Waals surface area (Å²) in [6.07, 6.45) is 0.656. The van der Waals surface area contributed by atoms with Gasteiger partial charge in [-0.25, -0.2) is 13.1 Å². The number of halogens is 4. The second-order valence-electron chi connectivity index (χ2n) is 9.30. The molecule has 1 amide bonds. The van der Waals surface area contributed by atoms with Crippen LogP contribution in [-0.4, -0.2) is 20.4 Å². The van der Waals surface area contributed by atoms with Gasteiger partial charge in [-0.1, -0.05) is 38.4 Å². The van der Waals surface area contributed by atoms with E-state index in [1.54, 1.807) is 12.1 Å². The van der Waals surface area contributed by atoms with Crippen molar-refractivity contribution in [2.45, 2.75) is 58.7 Å². The highest BCUT2D eigenvalue weighted by molar-refractivity contribution is 7.93. The first-order valence-electron chi connectivity index (χ1n) is 12.0. The summed E-state index contributed by atoms with van der Waals surface area (Å²) in [5.41, 5.74) is 1.82. The summed E-state index contributed by atoms with van der Waals surface area (Å²) in [5.74, 6) is -0.485. The van der Waals surface area contributed by atoms with E-state index in [0.29, 0.717) is 23.6 Å². The number of anilines is 1. The van der Waals surface area contributed by atoms with E-state index in [0.717, 1.165) is 41.8 Å². The lowest BCUT2D eigenvalue weighted by molar-refractivity contribution is -0.137. The molecule has 0 aromatic heterocycles. The number of rotatable bonds is 10. The average molecular weight is 555 g/mol. The van der Waals surface area contributed by atoms with Crippen LogP contribution in [0.1, 0.15) is 60.7 Å². The molecule has 0 heterocycles. The Bertz CT molecular complexity index is 1300. The molecule has 37 heavy (non-hydrogen) atoms. The zero-order valence-electron chi connectivity index (χ0n) is 20.8. The molecule has 0 saturated carbocycles. The molecule has 2 aromatic carbocycles. The maximum absolute atomic E-state index is 12.8. The third-order valence-corrected chi connectivity index (χ3v) is 8.14. The van der Waals surface area contributed by atoms with Gasteiger partial charge in [0.2, 0.25) is 10.0 Å². The Kier molecular flexibility index (Phi) is 9.26. The van der Waals surface area contributed by atoms with Crippen molar-refractivity contribution in [1.82, 2.24) is 4.72 Å². The minimum atomic E-state index is -4.47. The normalized spacial score (nSPS) is 14.9. The molecule has 2 N–H and O–H groups in total. The van der Waals surface area contributed by atoms with Gasteiger partial charge in [-0.15, -0.1) is 0 Å². The first-order chi connectivity index (χ1) is 17.3. The number of hydrogen-bond acceptors (Lipinski definition) is 3. The summed E-state index contributed by atoms with van der Waals surface area (Å²) in [6.45, 7) is 5.90. The first-order valence-corrected chi connectivity index (χ1v) is 13.8. The van der Waals surface area contributed by atoms with Gasteiger partial charge >= 0.3 is 6.18 Å². The van der Waals surface area contributed by atoms with E-state index in [9.17, 15) is 26.4 Å². The molecule has 3 rings (SSSR count). The molecule has 0 bridgehead atoms. The Hall–Kier alpha value is -2.62. The van der Waals surface area contributed by atoms with E-state index >= 15 is 0 Å². The van der Waals surface area contributed by atoms with Crippen molar-refractivity contribution in [1.29, 1.82) is 0 Å². The van der Waals surface area contributed by atoms with Crippen molar-refractivity contribution in [3.05, 3.63) is 86.8 Å². The number of hydrogen-bond donors (Lipinski definition) is 2. The first kappa shape index (κ1) is 28.9. The van der Waals surface area contributed by atoms with Gasteiger partial charge in [0.05, 0.1) is 10.5 Å². The molecule has 1 atom stereocenters. The maximum atomic E-state index is 12.8. The van der Waals surface area contributed by atoms with Gasteiger partial charge in [-0.05, 0) is 84.9 Å². The van der Waals surface area contributed by atoms with Crippen LogP contribution in [0, 0.1) is 5.92 Å². The fraction of sp³-hybridized carbons (Fsp3) is 0.370. The van der Waals surface area contributed by atoms with Crippen LogP contribution >= 0.6 is 11.6 Å². The predicted molar refractivity (Wildman–Crippen MR) is 141 cm³/mol. The Morgan fingerprint density at radius 2 is 1.73 bits per heavy atom. The average Bonchev–Trinajstić information content (AvgIpc) is 3.28. The van der Waals surface area contributed by atoms with Gasteiger partial charge in [0, 0.05) is 28.7 Å². The third kappa shape index (κ3) is 7.69. The van der Waals surface area contributed by atoms with Gasteiger partial charge in [0.25, 0.3) is 5.91 Å². The van der Waals surface area contributed by atoms with Crippen LogP contribution in [0.15, 0.2) is 64.6 Å². The Morgan fingerprint density at radius 1 is 1.05 bits per heavy atom. The maximum Gasteiger partial charge on any atom is 0.416 e. The molecule has 0 aliphatic heterocycles. The fourth-order valence-electron chi connectivity index (χ4n) is 4.06. The Morgan fingerprint density at radius 3 is 2.27 bits per heavy atom. The van der Waals surface area contributed by atoms with Crippen molar-refractivity contribution >= 4 is 33.2 Å². The summed E-state index contributed by atoms with van der Waals surface area (Å²) < 4.78 is 66.9. The second-order valence-corrected chi connectivity index (χ2v) is 11.6. The van der Waals surface area contributed by atoms with E-state index in [2.05, 4.69) is 10.0 Å². The molecule has 200 valence electrons. The fourth-order valence-corrected chi connectivity index (χ4v) is 5.88. The summed E-state index contributed by atoms with van der Waals surface area (Å²) >= 11 is 5.94. The van der Waals surface area contributed by atoms with Crippen molar-refractivity contribution in [2.24, 2.45) is 5.92 Å². The molecule has 0 radical (unpaired) electrons. The number of amides is 1. The lowest BCUT2D eigenvalue weighted by atomic mass is 9.94. The van der Waals surface area contributed by atoms with E-state index < -0.39 is 27.7 Å². The van der Waals surface area contributed by atoms with Crippen molar-refractivity contribution < 1.29 is 26.4 Å². The van der Waals surface area contributed by atoms with E-state index in [1.165, 1.54) is 6.08 Å². The molecule has 0 fully saturated rings. The molecule has 1 aliphatic rings. The van der Waals surface area contributed by atoms with Crippen LogP contribution in [0.4, 0.5) is 18.9 Å². The number of nitrogens with one attached hydrogen (secondary N) is 2. The number of benzene rings is 2. The zero-order chi connectivity index (χ0) is 27.4. The van der Waals surface area contributed by atoms with E-state index in [1.807, 2.05) is 32.9 Å². The zero-order valence-corrected chi connectivity index (χ0v) is 22.4. The summed E-state index contributed by atoms with van der Waals surface area (Å²) in [6, 6.07) is 9.18. The molecule has 10 heteroatoms. The quantitative estimate of drug-likeness (QED) is 0.339. The standard InChI is InChI=1S/C27H30ClF3N2O3S/c1-4-18-7-12-23(32-26(34)19-5-9-21(10-6-19)27(29,30)31)15-20(18)8-14-25(17(2)3)33-37(35,36)24-13-11-22(28)16-24/h5-7,9-13,15,17,25,33H,4,8,14,16H2,1-3H3,(H,32,34). The SMILES string of the molecule is CCc1ccc(NC(=O)c2ccc(C(F)(F)F)cc2)cc1CCC(NS(=O)(=O)C1=CC=C(Cl)C1)C(C)C. The summed E-state index contributed by atoms with van der Waals surface area (Å²) in [4.78, 5) is 12.9. The van der Waals surface area contributed by atoms with Gasteiger partial charge in [-0.2, -0.15) is 13.2 Å². The minimum Gasteiger partial charge on any atom is -0.322 e. The van der Waals surface area contributed by atoms with Crippen molar-refractivity contribution in [2.75, 3.05) is 5.32 Å².